The van der Waals surface area contributed by atoms with Gasteiger partial charge in [-0.05, 0) is 75.4 Å². The van der Waals surface area contributed by atoms with Crippen LogP contribution < -0.4 is 10.6 Å². The van der Waals surface area contributed by atoms with Gasteiger partial charge in [-0.1, -0.05) is 48.9 Å². The molecule has 0 aliphatic carbocycles. The molecular formula is C27H34ClN5O3. The van der Waals surface area contributed by atoms with Crippen molar-refractivity contribution in [3.8, 4) is 5.69 Å². The van der Waals surface area contributed by atoms with E-state index >= 15 is 0 Å². The maximum atomic E-state index is 13.2. The van der Waals surface area contributed by atoms with Crippen LogP contribution in [0.5, 0.6) is 0 Å². The summed E-state index contributed by atoms with van der Waals surface area (Å²) in [5.74, 6) is 0.200. The maximum Gasteiger partial charge on any atom is 0.408 e. The number of nitrogens with zero attached hydrogens (tertiary/aromatic N) is 3. The number of nitrogens with one attached hydrogen (secondary N) is 2. The molecule has 3 rings (SSSR count). The van der Waals surface area contributed by atoms with E-state index in [0.29, 0.717) is 16.6 Å². The van der Waals surface area contributed by atoms with E-state index in [4.69, 9.17) is 16.3 Å². The van der Waals surface area contributed by atoms with Crippen LogP contribution in [0.3, 0.4) is 0 Å². The average Bonchev–Trinajstić information content (AvgIpc) is 3.26. The molecule has 0 spiro atoms. The molecule has 2 amide bonds. The van der Waals surface area contributed by atoms with Gasteiger partial charge in [-0.15, -0.1) is 5.10 Å². The first-order valence-corrected chi connectivity index (χ1v) is 12.4. The lowest BCUT2D eigenvalue weighted by atomic mass is 10.0. The summed E-state index contributed by atoms with van der Waals surface area (Å²) in [6, 6.07) is 13.6. The van der Waals surface area contributed by atoms with Crippen LogP contribution in [-0.2, 0) is 22.4 Å². The molecular weight excluding hydrogens is 478 g/mol. The number of carbonyl (C=O) groups excluding carboxylic acids is 2. The van der Waals surface area contributed by atoms with Crippen molar-refractivity contribution in [3.63, 3.8) is 0 Å². The summed E-state index contributed by atoms with van der Waals surface area (Å²) in [5, 5.41) is 14.3. The Kier molecular flexibility index (Phi) is 9.09. The Hall–Kier alpha value is -3.39. The molecule has 1 atom stereocenters. The third kappa shape index (κ3) is 8.09. The van der Waals surface area contributed by atoms with Crippen LogP contribution in [0.4, 0.5) is 10.5 Å². The fraction of sp³-hybridized carbons (Fsp3) is 0.407. The molecule has 0 saturated heterocycles. The van der Waals surface area contributed by atoms with Crippen LogP contribution in [0, 0.1) is 5.92 Å². The molecule has 2 aromatic carbocycles. The predicted octanol–water partition coefficient (Wildman–Crippen LogP) is 5.58. The number of carbonyl (C=O) groups is 2. The number of rotatable bonds is 9. The highest BCUT2D eigenvalue weighted by atomic mass is 35.5. The number of ether oxygens (including phenoxy) is 1. The highest BCUT2D eigenvalue weighted by Gasteiger charge is 2.25. The smallest absolute Gasteiger partial charge is 0.408 e. The molecule has 0 saturated carbocycles. The van der Waals surface area contributed by atoms with E-state index < -0.39 is 17.7 Å². The third-order valence-electron chi connectivity index (χ3n) is 5.37. The zero-order valence-corrected chi connectivity index (χ0v) is 22.2. The summed E-state index contributed by atoms with van der Waals surface area (Å²) in [5.41, 5.74) is 2.51. The van der Waals surface area contributed by atoms with Crippen molar-refractivity contribution in [1.82, 2.24) is 20.3 Å². The van der Waals surface area contributed by atoms with Gasteiger partial charge in [0.05, 0.1) is 17.6 Å². The quantitative estimate of drug-likeness (QED) is 0.390. The second-order valence-electron chi connectivity index (χ2n) is 10.1. The van der Waals surface area contributed by atoms with Gasteiger partial charge in [0.2, 0.25) is 5.91 Å². The maximum absolute atomic E-state index is 13.2. The Balaban J connectivity index is 1.73. The number of halogens is 1. The molecule has 3 aromatic rings. The fourth-order valence-electron chi connectivity index (χ4n) is 3.54. The first-order chi connectivity index (χ1) is 17.0. The van der Waals surface area contributed by atoms with Crippen LogP contribution in [0.1, 0.15) is 52.3 Å². The van der Waals surface area contributed by atoms with E-state index in [1.165, 1.54) is 0 Å². The number of hydrogen-bond acceptors (Lipinski definition) is 5. The number of anilines is 1. The molecule has 1 heterocycles. The highest BCUT2D eigenvalue weighted by molar-refractivity contribution is 6.31. The van der Waals surface area contributed by atoms with Gasteiger partial charge in [0.1, 0.15) is 11.6 Å². The van der Waals surface area contributed by atoms with Crippen LogP contribution >= 0.6 is 11.6 Å². The Bertz CT molecular complexity index is 1170. The minimum Gasteiger partial charge on any atom is -0.444 e. The van der Waals surface area contributed by atoms with E-state index in [1.807, 2.05) is 30.3 Å². The van der Waals surface area contributed by atoms with Gasteiger partial charge >= 0.3 is 6.09 Å². The monoisotopic (exact) mass is 511 g/mol. The molecule has 1 unspecified atom stereocenters. The Morgan fingerprint density at radius 1 is 1.08 bits per heavy atom. The van der Waals surface area contributed by atoms with Crippen molar-refractivity contribution in [2.24, 2.45) is 5.92 Å². The lowest BCUT2D eigenvalue weighted by molar-refractivity contribution is -0.118. The molecule has 0 fully saturated rings. The SMILES string of the molecule is CC(C)CCc1cnnn1-c1ccc(NC(=O)C(Cc2ccccc2Cl)NC(=O)OC(C)(C)C)cc1. The van der Waals surface area contributed by atoms with Gasteiger partial charge in [0.15, 0.2) is 0 Å². The van der Waals surface area contributed by atoms with Crippen molar-refractivity contribution in [3.05, 3.63) is 71.0 Å². The van der Waals surface area contributed by atoms with Crippen LogP contribution in [-0.4, -0.2) is 38.6 Å². The second kappa shape index (κ2) is 12.0. The first-order valence-electron chi connectivity index (χ1n) is 12.1. The van der Waals surface area contributed by atoms with Gasteiger partial charge in [0, 0.05) is 17.1 Å². The molecule has 0 aliphatic rings. The minimum absolute atomic E-state index is 0.209. The zero-order valence-electron chi connectivity index (χ0n) is 21.4. The molecule has 0 radical (unpaired) electrons. The van der Waals surface area contributed by atoms with Crippen molar-refractivity contribution in [2.75, 3.05) is 5.32 Å². The largest absolute Gasteiger partial charge is 0.444 e. The second-order valence-corrected chi connectivity index (χ2v) is 10.5. The molecule has 1 aromatic heterocycles. The Morgan fingerprint density at radius 2 is 1.78 bits per heavy atom. The number of benzene rings is 2. The topological polar surface area (TPSA) is 98.1 Å². The van der Waals surface area contributed by atoms with Crippen molar-refractivity contribution < 1.29 is 14.3 Å². The molecule has 192 valence electrons. The fourth-order valence-corrected chi connectivity index (χ4v) is 3.75. The minimum atomic E-state index is -0.891. The summed E-state index contributed by atoms with van der Waals surface area (Å²) in [7, 11) is 0. The van der Waals surface area contributed by atoms with Crippen molar-refractivity contribution >= 4 is 29.3 Å². The van der Waals surface area contributed by atoms with Crippen LogP contribution in [0.2, 0.25) is 5.02 Å². The number of aromatic nitrogens is 3. The summed E-state index contributed by atoms with van der Waals surface area (Å²) >= 11 is 6.31. The van der Waals surface area contributed by atoms with Crippen LogP contribution in [0.25, 0.3) is 5.69 Å². The number of amides is 2. The molecule has 36 heavy (non-hydrogen) atoms. The Morgan fingerprint density at radius 3 is 2.42 bits per heavy atom. The van der Waals surface area contributed by atoms with E-state index in [1.54, 1.807) is 49.8 Å². The molecule has 8 nitrogen and oxygen atoms in total. The predicted molar refractivity (Wildman–Crippen MR) is 141 cm³/mol. The molecule has 0 aliphatic heterocycles. The lowest BCUT2D eigenvalue weighted by Gasteiger charge is -2.23. The number of aryl methyl sites for hydroxylation is 1. The standard InChI is InChI=1S/C27H34ClN5O3/c1-18(2)10-13-22-17-29-32-33(22)21-14-11-20(12-15-21)30-25(34)24(31-26(35)36-27(3,4)5)16-19-8-6-7-9-23(19)28/h6-9,11-12,14-15,17-18,24H,10,13,16H2,1-5H3,(H,30,34)(H,31,35). The Labute approximate surface area is 217 Å². The average molecular weight is 512 g/mol. The van der Waals surface area contributed by atoms with E-state index in [2.05, 4.69) is 34.8 Å². The number of alkyl carbamates (subject to hydrolysis) is 1. The van der Waals surface area contributed by atoms with Gasteiger partial charge in [-0.25, -0.2) is 9.48 Å². The summed E-state index contributed by atoms with van der Waals surface area (Å²) in [6.45, 7) is 9.66. The number of hydrogen-bond donors (Lipinski definition) is 2. The molecule has 9 heteroatoms. The van der Waals surface area contributed by atoms with E-state index in [-0.39, 0.29) is 12.3 Å². The zero-order chi connectivity index (χ0) is 26.3. The van der Waals surface area contributed by atoms with Crippen molar-refractivity contribution in [2.45, 2.75) is 65.5 Å². The van der Waals surface area contributed by atoms with Gasteiger partial charge in [0.25, 0.3) is 0 Å². The van der Waals surface area contributed by atoms with E-state index in [0.717, 1.165) is 29.8 Å². The van der Waals surface area contributed by atoms with Crippen molar-refractivity contribution in [1.29, 1.82) is 0 Å². The molecule has 0 bridgehead atoms. The summed E-state index contributed by atoms with van der Waals surface area (Å²) in [4.78, 5) is 25.6. The highest BCUT2D eigenvalue weighted by Crippen LogP contribution is 2.19. The van der Waals surface area contributed by atoms with Gasteiger partial charge in [-0.3, -0.25) is 4.79 Å². The summed E-state index contributed by atoms with van der Waals surface area (Å²) in [6.07, 6.45) is 3.23. The van der Waals surface area contributed by atoms with E-state index in [9.17, 15) is 9.59 Å². The lowest BCUT2D eigenvalue weighted by Crippen LogP contribution is -2.47. The van der Waals surface area contributed by atoms with Gasteiger partial charge in [-0.2, -0.15) is 0 Å². The van der Waals surface area contributed by atoms with Crippen LogP contribution in [0.15, 0.2) is 54.7 Å². The van der Waals surface area contributed by atoms with Gasteiger partial charge < -0.3 is 15.4 Å². The first kappa shape index (κ1) is 27.2. The summed E-state index contributed by atoms with van der Waals surface area (Å²) < 4.78 is 7.16. The molecule has 2 N–H and O–H groups in total. The normalized spacial score (nSPS) is 12.3. The third-order valence-corrected chi connectivity index (χ3v) is 5.74.